The molecule has 0 fully saturated rings. The number of hydrogen-bond donors (Lipinski definition) is 2. The monoisotopic (exact) mass is 416 g/mol. The largest absolute Gasteiger partial charge is 0.496 e. The molecule has 1 amide bonds. The highest BCUT2D eigenvalue weighted by molar-refractivity contribution is 6.08. The SMILES string of the molecule is CCCCCC(CC)(CCCC)c1n[nH]nc1NC(=O)c1c(OC)cccc1OC. The van der Waals surface area contributed by atoms with Crippen molar-refractivity contribution in [3.63, 3.8) is 0 Å². The van der Waals surface area contributed by atoms with E-state index in [1.165, 1.54) is 27.1 Å². The molecule has 1 unspecified atom stereocenters. The maximum Gasteiger partial charge on any atom is 0.264 e. The number of ether oxygens (including phenoxy) is 2. The second-order valence-electron chi connectivity index (χ2n) is 7.71. The van der Waals surface area contributed by atoms with E-state index in [2.05, 4.69) is 41.5 Å². The van der Waals surface area contributed by atoms with Crippen LogP contribution >= 0.6 is 0 Å². The minimum atomic E-state index is -0.325. The molecular weight excluding hydrogens is 380 g/mol. The zero-order chi connectivity index (χ0) is 22.0. The Morgan fingerprint density at radius 2 is 1.63 bits per heavy atom. The van der Waals surface area contributed by atoms with Crippen LogP contribution in [0.2, 0.25) is 0 Å². The molecule has 1 atom stereocenters. The van der Waals surface area contributed by atoms with Crippen molar-refractivity contribution in [2.24, 2.45) is 0 Å². The van der Waals surface area contributed by atoms with Gasteiger partial charge in [-0.3, -0.25) is 4.79 Å². The number of H-pyrrole nitrogens is 1. The number of anilines is 1. The minimum absolute atomic E-state index is 0.106. The Hall–Kier alpha value is -2.57. The molecule has 0 radical (unpaired) electrons. The third-order valence-electron chi connectivity index (χ3n) is 5.88. The molecule has 0 saturated carbocycles. The normalized spacial score (nSPS) is 13.0. The van der Waals surface area contributed by atoms with E-state index in [9.17, 15) is 4.79 Å². The summed E-state index contributed by atoms with van der Waals surface area (Å²) in [5, 5.41) is 14.5. The van der Waals surface area contributed by atoms with Crippen molar-refractivity contribution in [3.8, 4) is 11.5 Å². The lowest BCUT2D eigenvalue weighted by Crippen LogP contribution is -2.28. The van der Waals surface area contributed by atoms with Gasteiger partial charge in [0.05, 0.1) is 14.2 Å². The van der Waals surface area contributed by atoms with Gasteiger partial charge >= 0.3 is 0 Å². The van der Waals surface area contributed by atoms with Gasteiger partial charge in [0.1, 0.15) is 22.8 Å². The fourth-order valence-corrected chi connectivity index (χ4v) is 4.04. The summed E-state index contributed by atoms with van der Waals surface area (Å²) >= 11 is 0. The highest BCUT2D eigenvalue weighted by atomic mass is 16.5. The van der Waals surface area contributed by atoms with Gasteiger partial charge in [-0.2, -0.15) is 10.3 Å². The summed E-state index contributed by atoms with van der Waals surface area (Å²) in [6.07, 6.45) is 8.73. The molecule has 2 rings (SSSR count). The van der Waals surface area contributed by atoms with Crippen molar-refractivity contribution in [1.82, 2.24) is 15.4 Å². The molecule has 2 N–H and O–H groups in total. The van der Waals surface area contributed by atoms with Gasteiger partial charge < -0.3 is 14.8 Å². The summed E-state index contributed by atoms with van der Waals surface area (Å²) in [6, 6.07) is 5.27. The lowest BCUT2D eigenvalue weighted by molar-refractivity contribution is 0.102. The Bertz CT molecular complexity index is 783. The van der Waals surface area contributed by atoms with E-state index in [1.54, 1.807) is 18.2 Å². The quantitative estimate of drug-likeness (QED) is 0.421. The number of rotatable bonds is 13. The maximum absolute atomic E-state index is 13.2. The van der Waals surface area contributed by atoms with Crippen LogP contribution in [0.1, 0.15) is 88.2 Å². The van der Waals surface area contributed by atoms with E-state index in [0.717, 1.165) is 44.2 Å². The molecule has 2 aromatic rings. The fraction of sp³-hybridized carbons (Fsp3) is 0.609. The molecule has 166 valence electrons. The Balaban J connectivity index is 2.37. The molecule has 7 heteroatoms. The first-order valence-corrected chi connectivity index (χ1v) is 11.0. The molecule has 0 aliphatic carbocycles. The van der Waals surface area contributed by atoms with Gasteiger partial charge in [-0.25, -0.2) is 0 Å². The van der Waals surface area contributed by atoms with E-state index < -0.39 is 0 Å². The summed E-state index contributed by atoms with van der Waals surface area (Å²) in [5.74, 6) is 1.07. The van der Waals surface area contributed by atoms with Crippen molar-refractivity contribution in [2.75, 3.05) is 19.5 Å². The molecule has 30 heavy (non-hydrogen) atoms. The topological polar surface area (TPSA) is 89.1 Å². The third-order valence-corrected chi connectivity index (χ3v) is 5.88. The first-order valence-electron chi connectivity index (χ1n) is 11.0. The smallest absolute Gasteiger partial charge is 0.264 e. The Kier molecular flexibility index (Phi) is 9.15. The second-order valence-corrected chi connectivity index (χ2v) is 7.71. The highest BCUT2D eigenvalue weighted by Gasteiger charge is 2.35. The molecule has 1 aromatic carbocycles. The number of nitrogens with zero attached hydrogens (tertiary/aromatic N) is 2. The van der Waals surface area contributed by atoms with Crippen LogP contribution in [0.25, 0.3) is 0 Å². The lowest BCUT2D eigenvalue weighted by atomic mass is 9.73. The molecule has 1 heterocycles. The summed E-state index contributed by atoms with van der Waals surface area (Å²) in [7, 11) is 3.07. The number of carbonyl (C=O) groups is 1. The highest BCUT2D eigenvalue weighted by Crippen LogP contribution is 2.40. The van der Waals surface area contributed by atoms with Gasteiger partial charge in [0.2, 0.25) is 0 Å². The predicted octanol–water partition coefficient (Wildman–Crippen LogP) is 5.49. The number of nitrogens with one attached hydrogen (secondary N) is 2. The first kappa shape index (κ1) is 23.7. The molecular formula is C23H36N4O3. The summed E-state index contributed by atoms with van der Waals surface area (Å²) in [5.41, 5.74) is 1.08. The number of carbonyl (C=O) groups excluding carboxylic acids is 1. The van der Waals surface area contributed by atoms with Crippen molar-refractivity contribution < 1.29 is 14.3 Å². The van der Waals surface area contributed by atoms with Gasteiger partial charge in [0.25, 0.3) is 5.91 Å². The Morgan fingerprint density at radius 1 is 1.00 bits per heavy atom. The van der Waals surface area contributed by atoms with Crippen molar-refractivity contribution >= 4 is 11.7 Å². The number of aromatic amines is 1. The van der Waals surface area contributed by atoms with Crippen molar-refractivity contribution in [1.29, 1.82) is 0 Å². The number of methoxy groups -OCH3 is 2. The van der Waals surface area contributed by atoms with Crippen molar-refractivity contribution in [3.05, 3.63) is 29.5 Å². The number of aromatic nitrogens is 3. The number of benzene rings is 1. The lowest BCUT2D eigenvalue weighted by Gasteiger charge is -2.32. The van der Waals surface area contributed by atoms with E-state index in [4.69, 9.17) is 9.47 Å². The molecule has 1 aromatic heterocycles. The van der Waals surface area contributed by atoms with Gasteiger partial charge in [-0.1, -0.05) is 58.9 Å². The number of hydrogen-bond acceptors (Lipinski definition) is 5. The van der Waals surface area contributed by atoms with Crippen LogP contribution in [-0.4, -0.2) is 35.5 Å². The summed E-state index contributed by atoms with van der Waals surface area (Å²) in [4.78, 5) is 13.2. The average Bonchev–Trinajstić information content (AvgIpc) is 3.24. The molecule has 0 bridgehead atoms. The summed E-state index contributed by atoms with van der Waals surface area (Å²) < 4.78 is 10.8. The van der Waals surface area contributed by atoms with Crippen LogP contribution in [0, 0.1) is 0 Å². The number of unbranched alkanes of at least 4 members (excludes halogenated alkanes) is 3. The molecule has 0 aliphatic heterocycles. The van der Waals surface area contributed by atoms with E-state index >= 15 is 0 Å². The van der Waals surface area contributed by atoms with Crippen LogP contribution in [0.3, 0.4) is 0 Å². The first-order chi connectivity index (χ1) is 14.6. The fourth-order valence-electron chi connectivity index (χ4n) is 4.04. The molecule has 7 nitrogen and oxygen atoms in total. The molecule has 0 aliphatic rings. The van der Waals surface area contributed by atoms with E-state index in [0.29, 0.717) is 22.9 Å². The second kappa shape index (κ2) is 11.6. The zero-order valence-electron chi connectivity index (χ0n) is 19.0. The maximum atomic E-state index is 13.2. The predicted molar refractivity (Wildman–Crippen MR) is 120 cm³/mol. The van der Waals surface area contributed by atoms with E-state index in [1.807, 2.05) is 0 Å². The van der Waals surface area contributed by atoms with Gasteiger partial charge in [-0.05, 0) is 31.4 Å². The molecule has 0 spiro atoms. The standard InChI is InChI=1S/C23H36N4O3/c1-6-9-11-16-23(8-3,15-10-7-2)20-21(26-27-25-20)24-22(28)19-17(29-4)13-12-14-18(19)30-5/h12-14H,6-11,15-16H2,1-5H3,(H2,24,25,26,27,28). The van der Waals surface area contributed by atoms with Crippen LogP contribution in [0.5, 0.6) is 11.5 Å². The summed E-state index contributed by atoms with van der Waals surface area (Å²) in [6.45, 7) is 6.61. The average molecular weight is 417 g/mol. The van der Waals surface area contributed by atoms with Crippen molar-refractivity contribution in [2.45, 2.75) is 77.6 Å². The van der Waals surface area contributed by atoms with Gasteiger partial charge in [0, 0.05) is 5.41 Å². The van der Waals surface area contributed by atoms with Gasteiger partial charge in [0.15, 0.2) is 5.82 Å². The van der Waals surface area contributed by atoms with Crippen LogP contribution in [0.15, 0.2) is 18.2 Å². The number of amides is 1. The van der Waals surface area contributed by atoms with Crippen LogP contribution < -0.4 is 14.8 Å². The Morgan fingerprint density at radius 3 is 2.20 bits per heavy atom. The minimum Gasteiger partial charge on any atom is -0.496 e. The zero-order valence-corrected chi connectivity index (χ0v) is 19.0. The van der Waals surface area contributed by atoms with Crippen LogP contribution in [-0.2, 0) is 5.41 Å². The van der Waals surface area contributed by atoms with Crippen LogP contribution in [0.4, 0.5) is 5.82 Å². The third kappa shape index (κ3) is 5.32. The van der Waals surface area contributed by atoms with E-state index in [-0.39, 0.29) is 11.3 Å². The molecule has 0 saturated heterocycles. The Labute approximate surface area is 179 Å². The van der Waals surface area contributed by atoms with Gasteiger partial charge in [-0.15, -0.1) is 5.10 Å².